The normalized spacial score (nSPS) is 11.1. The molecule has 0 aliphatic rings. The Kier molecular flexibility index (Phi) is 1.83. The van der Waals surface area contributed by atoms with Gasteiger partial charge in [0.25, 0.3) is 0 Å². The molecule has 3 aromatic rings. The fourth-order valence-electron chi connectivity index (χ4n) is 2.05. The fraction of sp³-hybridized carbons (Fsp3) is 0.167. The molecule has 4 heteroatoms. The number of nitrogens with zero attached hydrogens (tertiary/aromatic N) is 3. The van der Waals surface area contributed by atoms with Crippen LogP contribution in [0, 0.1) is 6.92 Å². The van der Waals surface area contributed by atoms with E-state index in [1.54, 1.807) is 4.68 Å². The van der Waals surface area contributed by atoms with Crippen LogP contribution in [0.1, 0.15) is 5.69 Å². The zero-order valence-electron chi connectivity index (χ0n) is 9.23. The molecular weight excluding hydrogens is 200 g/mol. The Labute approximate surface area is 92.9 Å². The van der Waals surface area contributed by atoms with E-state index < -0.39 is 0 Å². The van der Waals surface area contributed by atoms with Gasteiger partial charge in [-0.05, 0) is 24.4 Å². The van der Waals surface area contributed by atoms with Crippen molar-refractivity contribution >= 4 is 10.9 Å². The van der Waals surface area contributed by atoms with E-state index in [2.05, 4.69) is 39.6 Å². The topological polar surface area (TPSA) is 46.5 Å². The lowest BCUT2D eigenvalue weighted by atomic mass is 10.1. The zero-order chi connectivity index (χ0) is 11.1. The lowest BCUT2D eigenvalue weighted by Crippen LogP contribution is -1.94. The van der Waals surface area contributed by atoms with Crippen molar-refractivity contribution in [3.05, 3.63) is 36.2 Å². The maximum Gasteiger partial charge on any atom is 0.0912 e. The molecule has 0 saturated heterocycles. The van der Waals surface area contributed by atoms with Crippen LogP contribution in [0.5, 0.6) is 0 Å². The van der Waals surface area contributed by atoms with Gasteiger partial charge in [0.1, 0.15) is 0 Å². The molecule has 0 radical (unpaired) electrons. The van der Waals surface area contributed by atoms with Crippen LogP contribution in [0.3, 0.4) is 0 Å². The highest BCUT2D eigenvalue weighted by molar-refractivity contribution is 5.84. The number of fused-ring (bicyclic) bond motifs is 1. The molecule has 80 valence electrons. The molecular formula is C12H12N4. The van der Waals surface area contributed by atoms with E-state index in [1.807, 2.05) is 20.2 Å². The molecule has 3 rings (SSSR count). The molecule has 0 aliphatic carbocycles. The van der Waals surface area contributed by atoms with Crippen molar-refractivity contribution in [3.63, 3.8) is 0 Å². The summed E-state index contributed by atoms with van der Waals surface area (Å²) in [6.45, 7) is 1.97. The number of H-pyrrole nitrogens is 1. The largest absolute Gasteiger partial charge is 0.361 e. The molecule has 0 unspecified atom stereocenters. The van der Waals surface area contributed by atoms with Gasteiger partial charge >= 0.3 is 0 Å². The van der Waals surface area contributed by atoms with Gasteiger partial charge in [-0.25, -0.2) is 4.68 Å². The van der Waals surface area contributed by atoms with E-state index in [0.29, 0.717) is 0 Å². The first-order valence-corrected chi connectivity index (χ1v) is 5.19. The summed E-state index contributed by atoms with van der Waals surface area (Å²) in [5.41, 5.74) is 4.29. The summed E-state index contributed by atoms with van der Waals surface area (Å²) in [7, 11) is 1.91. The van der Waals surface area contributed by atoms with Crippen LogP contribution in [0.2, 0.25) is 0 Å². The summed E-state index contributed by atoms with van der Waals surface area (Å²) < 4.78 is 1.80. The van der Waals surface area contributed by atoms with Gasteiger partial charge in [-0.15, -0.1) is 5.10 Å². The first-order chi connectivity index (χ1) is 7.75. The molecule has 0 bridgehead atoms. The lowest BCUT2D eigenvalue weighted by Gasteiger charge is -2.02. The highest BCUT2D eigenvalue weighted by Gasteiger charge is 2.09. The van der Waals surface area contributed by atoms with Crippen LogP contribution < -0.4 is 0 Å². The molecule has 0 atom stereocenters. The summed E-state index contributed by atoms with van der Waals surface area (Å²) in [5, 5.41) is 9.30. The third-order valence-corrected chi connectivity index (χ3v) is 2.82. The SMILES string of the molecule is Cc1nnn(C)c1-c1ccc2cc[nH]c2c1. The summed E-state index contributed by atoms with van der Waals surface area (Å²) >= 11 is 0. The van der Waals surface area contributed by atoms with Gasteiger partial charge in [-0.1, -0.05) is 17.3 Å². The van der Waals surface area contributed by atoms with Gasteiger partial charge in [0.15, 0.2) is 0 Å². The quantitative estimate of drug-likeness (QED) is 0.672. The molecule has 2 heterocycles. The van der Waals surface area contributed by atoms with Crippen LogP contribution in [0.4, 0.5) is 0 Å². The van der Waals surface area contributed by atoms with Gasteiger partial charge in [0.2, 0.25) is 0 Å². The monoisotopic (exact) mass is 212 g/mol. The molecule has 1 N–H and O–H groups in total. The van der Waals surface area contributed by atoms with Crippen LogP contribution >= 0.6 is 0 Å². The van der Waals surface area contributed by atoms with E-state index >= 15 is 0 Å². The van der Waals surface area contributed by atoms with Crippen LogP contribution in [-0.4, -0.2) is 20.0 Å². The maximum absolute atomic E-state index is 4.06. The van der Waals surface area contributed by atoms with Crippen molar-refractivity contribution in [1.29, 1.82) is 0 Å². The first-order valence-electron chi connectivity index (χ1n) is 5.19. The Balaban J connectivity index is 2.25. The van der Waals surface area contributed by atoms with E-state index in [9.17, 15) is 0 Å². The predicted molar refractivity (Wildman–Crippen MR) is 63.0 cm³/mol. The second-order valence-electron chi connectivity index (χ2n) is 3.93. The van der Waals surface area contributed by atoms with Crippen molar-refractivity contribution in [3.8, 4) is 11.3 Å². The van der Waals surface area contributed by atoms with Crippen LogP contribution in [0.25, 0.3) is 22.2 Å². The number of aromatic nitrogens is 4. The summed E-state index contributed by atoms with van der Waals surface area (Å²) in [6, 6.07) is 8.39. The number of benzene rings is 1. The minimum atomic E-state index is 0.952. The molecule has 0 amide bonds. The standard InChI is InChI=1S/C12H12N4/c1-8-12(16(2)15-14-8)10-4-3-9-5-6-13-11(9)7-10/h3-7,13H,1-2H3. The molecule has 1 aromatic carbocycles. The van der Waals surface area contributed by atoms with Crippen molar-refractivity contribution in [2.24, 2.45) is 7.05 Å². The number of aryl methyl sites for hydroxylation is 2. The lowest BCUT2D eigenvalue weighted by molar-refractivity contribution is 0.719. The Morgan fingerprint density at radius 3 is 2.88 bits per heavy atom. The first kappa shape index (κ1) is 9.15. The third kappa shape index (κ3) is 1.23. The molecule has 0 saturated carbocycles. The maximum atomic E-state index is 4.06. The third-order valence-electron chi connectivity index (χ3n) is 2.82. The average Bonchev–Trinajstić information content (AvgIpc) is 2.85. The van der Waals surface area contributed by atoms with E-state index in [-0.39, 0.29) is 0 Å². The second kappa shape index (κ2) is 3.20. The van der Waals surface area contributed by atoms with E-state index in [1.165, 1.54) is 5.39 Å². The van der Waals surface area contributed by atoms with Crippen molar-refractivity contribution in [2.75, 3.05) is 0 Å². The predicted octanol–water partition coefficient (Wildman–Crippen LogP) is 2.27. The molecule has 0 spiro atoms. The minimum absolute atomic E-state index is 0.952. The molecule has 16 heavy (non-hydrogen) atoms. The van der Waals surface area contributed by atoms with Crippen LogP contribution in [-0.2, 0) is 7.05 Å². The Hall–Kier alpha value is -2.10. The van der Waals surface area contributed by atoms with Gasteiger partial charge in [0, 0.05) is 24.3 Å². The van der Waals surface area contributed by atoms with Crippen molar-refractivity contribution < 1.29 is 0 Å². The summed E-state index contributed by atoms with van der Waals surface area (Å²) in [5.74, 6) is 0. The average molecular weight is 212 g/mol. The van der Waals surface area contributed by atoms with Gasteiger partial charge in [-0.3, -0.25) is 0 Å². The van der Waals surface area contributed by atoms with E-state index in [4.69, 9.17) is 0 Å². The Morgan fingerprint density at radius 2 is 2.12 bits per heavy atom. The minimum Gasteiger partial charge on any atom is -0.361 e. The zero-order valence-corrected chi connectivity index (χ0v) is 9.23. The Bertz CT molecular complexity index is 628. The smallest absolute Gasteiger partial charge is 0.0912 e. The van der Waals surface area contributed by atoms with Gasteiger partial charge < -0.3 is 4.98 Å². The highest BCUT2D eigenvalue weighted by atomic mass is 15.4. The summed E-state index contributed by atoms with van der Waals surface area (Å²) in [4.78, 5) is 3.21. The molecule has 0 fully saturated rings. The van der Waals surface area contributed by atoms with Gasteiger partial charge in [0.05, 0.1) is 11.4 Å². The number of hydrogen-bond acceptors (Lipinski definition) is 2. The fourth-order valence-corrected chi connectivity index (χ4v) is 2.05. The molecule has 2 aromatic heterocycles. The number of aromatic amines is 1. The number of rotatable bonds is 1. The van der Waals surface area contributed by atoms with Crippen LogP contribution in [0.15, 0.2) is 30.5 Å². The molecule has 4 nitrogen and oxygen atoms in total. The van der Waals surface area contributed by atoms with E-state index in [0.717, 1.165) is 22.5 Å². The summed E-state index contributed by atoms with van der Waals surface area (Å²) in [6.07, 6.45) is 1.95. The molecule has 0 aliphatic heterocycles. The van der Waals surface area contributed by atoms with Gasteiger partial charge in [-0.2, -0.15) is 0 Å². The second-order valence-corrected chi connectivity index (χ2v) is 3.93. The Morgan fingerprint density at radius 1 is 1.25 bits per heavy atom. The highest BCUT2D eigenvalue weighted by Crippen LogP contribution is 2.24. The number of nitrogens with one attached hydrogen (secondary N) is 1. The van der Waals surface area contributed by atoms with Crippen molar-refractivity contribution in [2.45, 2.75) is 6.92 Å². The van der Waals surface area contributed by atoms with Crippen molar-refractivity contribution in [1.82, 2.24) is 20.0 Å². The number of hydrogen-bond donors (Lipinski definition) is 1.